The summed E-state index contributed by atoms with van der Waals surface area (Å²) in [5.74, 6) is 3.24. The Morgan fingerprint density at radius 2 is 1.19 bits per heavy atom. The van der Waals surface area contributed by atoms with Crippen LogP contribution in [0.4, 0.5) is 4.79 Å². The fourth-order valence-corrected chi connectivity index (χ4v) is 3.54. The maximum atomic E-state index is 11.4. The Morgan fingerprint density at radius 1 is 0.741 bits per heavy atom. The molecule has 0 aliphatic heterocycles. The fourth-order valence-electron chi connectivity index (χ4n) is 3.54. The first-order chi connectivity index (χ1) is 12.8. The van der Waals surface area contributed by atoms with E-state index in [1.165, 1.54) is 57.8 Å². The highest BCUT2D eigenvalue weighted by Gasteiger charge is 2.08. The average Bonchev–Trinajstić information content (AvgIpc) is 2.59. The molecule has 0 aliphatic rings. The van der Waals surface area contributed by atoms with Gasteiger partial charge in [-0.15, -0.1) is 0 Å². The molecule has 0 aromatic rings. The van der Waals surface area contributed by atoms with Gasteiger partial charge in [0.2, 0.25) is 0 Å². The Labute approximate surface area is 169 Å². The Morgan fingerprint density at radius 3 is 1.63 bits per heavy atom. The fraction of sp³-hybridized carbons (Fsp3) is 0.957. The molecule has 3 atom stereocenters. The molecule has 0 bridgehead atoms. The first-order valence-electron chi connectivity index (χ1n) is 11.5. The molecule has 0 fully saturated rings. The van der Waals surface area contributed by atoms with E-state index < -0.39 is 0 Å². The summed E-state index contributed by atoms with van der Waals surface area (Å²) < 4.78 is 0. The van der Waals surface area contributed by atoms with E-state index in [9.17, 15) is 4.79 Å². The van der Waals surface area contributed by atoms with Gasteiger partial charge in [-0.05, 0) is 37.0 Å². The molecule has 0 saturated carbocycles. The van der Waals surface area contributed by atoms with Crippen molar-refractivity contribution in [3.63, 3.8) is 0 Å². The van der Waals surface area contributed by atoms with Crippen molar-refractivity contribution >= 4 is 6.03 Å². The second-order valence-corrected chi connectivity index (χ2v) is 9.08. The zero-order valence-electron chi connectivity index (χ0n) is 19.1. The summed E-state index contributed by atoms with van der Waals surface area (Å²) in [5, 5.41) is 2.83. The topological polar surface area (TPSA) is 50.4 Å². The van der Waals surface area contributed by atoms with Gasteiger partial charge < -0.3 is 5.32 Å². The number of nitrogens with one attached hydrogen (secondary N) is 2. The molecule has 0 rings (SSSR count). The summed E-state index contributed by atoms with van der Waals surface area (Å²) in [7, 11) is 0. The molecular weight excluding hydrogens is 336 g/mol. The van der Waals surface area contributed by atoms with E-state index in [4.69, 9.17) is 4.84 Å². The van der Waals surface area contributed by atoms with E-state index in [0.717, 1.165) is 24.2 Å². The van der Waals surface area contributed by atoms with Gasteiger partial charge in [0.15, 0.2) is 0 Å². The summed E-state index contributed by atoms with van der Waals surface area (Å²) in [4.78, 5) is 16.2. The molecule has 0 saturated heterocycles. The van der Waals surface area contributed by atoms with Crippen molar-refractivity contribution in [2.75, 3.05) is 13.2 Å². The van der Waals surface area contributed by atoms with Gasteiger partial charge in [0.25, 0.3) is 0 Å². The van der Waals surface area contributed by atoms with Crippen molar-refractivity contribution in [2.24, 2.45) is 23.7 Å². The zero-order chi connectivity index (χ0) is 20.5. The third-order valence-corrected chi connectivity index (χ3v) is 5.50. The molecule has 3 unspecified atom stereocenters. The number of hydrogen-bond donors (Lipinski definition) is 2. The molecule has 2 amide bonds. The van der Waals surface area contributed by atoms with Crippen LogP contribution in [0.25, 0.3) is 0 Å². The summed E-state index contributed by atoms with van der Waals surface area (Å²) in [6, 6.07) is -0.240. The number of hydroxylamine groups is 1. The van der Waals surface area contributed by atoms with Crippen LogP contribution in [0.15, 0.2) is 0 Å². The molecular formula is C23H48N2O2. The molecule has 2 N–H and O–H groups in total. The molecule has 0 aliphatic carbocycles. The summed E-state index contributed by atoms with van der Waals surface area (Å²) in [6.45, 7) is 14.8. The first-order valence-corrected chi connectivity index (χ1v) is 11.5. The molecule has 162 valence electrons. The number of carbonyl (C=O) groups excluding carboxylic acids is 1. The van der Waals surface area contributed by atoms with Crippen molar-refractivity contribution < 1.29 is 9.63 Å². The highest BCUT2D eigenvalue weighted by Crippen LogP contribution is 2.22. The zero-order valence-corrected chi connectivity index (χ0v) is 19.1. The van der Waals surface area contributed by atoms with Gasteiger partial charge in [0.05, 0.1) is 6.61 Å². The lowest BCUT2D eigenvalue weighted by Crippen LogP contribution is -2.36. The lowest BCUT2D eigenvalue weighted by molar-refractivity contribution is 0.0706. The van der Waals surface area contributed by atoms with Gasteiger partial charge in [-0.25, -0.2) is 10.3 Å². The molecule has 4 nitrogen and oxygen atoms in total. The number of rotatable bonds is 17. The third-order valence-electron chi connectivity index (χ3n) is 5.50. The van der Waals surface area contributed by atoms with Gasteiger partial charge >= 0.3 is 6.03 Å². The predicted molar refractivity (Wildman–Crippen MR) is 117 cm³/mol. The molecule has 0 heterocycles. The van der Waals surface area contributed by atoms with Gasteiger partial charge in [0.1, 0.15) is 0 Å². The Kier molecular flexibility index (Phi) is 16.8. The molecule has 0 radical (unpaired) electrons. The molecule has 4 heteroatoms. The number of amides is 2. The molecule has 0 aromatic carbocycles. The maximum Gasteiger partial charge on any atom is 0.338 e. The lowest BCUT2D eigenvalue weighted by atomic mass is 9.91. The second-order valence-electron chi connectivity index (χ2n) is 9.08. The summed E-state index contributed by atoms with van der Waals surface area (Å²) >= 11 is 0. The SMILES string of the molecule is CCONC(=O)NCCC(C)CCCC(C)CCCC(C)CCCC(C)C. The summed E-state index contributed by atoms with van der Waals surface area (Å²) in [6.07, 6.45) is 13.3. The van der Waals surface area contributed by atoms with E-state index >= 15 is 0 Å². The maximum absolute atomic E-state index is 11.4. The average molecular weight is 385 g/mol. The predicted octanol–water partition coefficient (Wildman–Crippen LogP) is 6.70. The normalized spacial score (nSPS) is 14.8. The van der Waals surface area contributed by atoms with Crippen LogP contribution in [0.3, 0.4) is 0 Å². The van der Waals surface area contributed by atoms with E-state index in [0.29, 0.717) is 19.1 Å². The largest absolute Gasteiger partial charge is 0.338 e. The standard InChI is InChI=1S/C23H48N2O2/c1-7-27-25-23(26)24-18-17-22(6)16-10-15-21(5)14-9-13-20(4)12-8-11-19(2)3/h19-22H,7-18H2,1-6H3,(H2,24,25,26). The van der Waals surface area contributed by atoms with Gasteiger partial charge in [-0.1, -0.05) is 92.4 Å². The highest BCUT2D eigenvalue weighted by molar-refractivity contribution is 5.72. The van der Waals surface area contributed by atoms with Gasteiger partial charge in [-0.3, -0.25) is 4.84 Å². The van der Waals surface area contributed by atoms with Crippen LogP contribution in [0.1, 0.15) is 106 Å². The van der Waals surface area contributed by atoms with E-state index in [1.54, 1.807) is 0 Å². The minimum absolute atomic E-state index is 0.240. The Bertz CT molecular complexity index is 347. The van der Waals surface area contributed by atoms with Crippen LogP contribution in [-0.4, -0.2) is 19.2 Å². The Hall–Kier alpha value is -0.770. The van der Waals surface area contributed by atoms with Gasteiger partial charge in [0, 0.05) is 6.54 Å². The highest BCUT2D eigenvalue weighted by atomic mass is 16.7. The van der Waals surface area contributed by atoms with E-state index in [1.807, 2.05) is 6.92 Å². The molecule has 27 heavy (non-hydrogen) atoms. The van der Waals surface area contributed by atoms with Crippen molar-refractivity contribution in [3.05, 3.63) is 0 Å². The van der Waals surface area contributed by atoms with E-state index in [2.05, 4.69) is 45.4 Å². The number of hydrogen-bond acceptors (Lipinski definition) is 2. The number of urea groups is 1. The Balaban J connectivity index is 3.56. The van der Waals surface area contributed by atoms with Crippen LogP contribution in [0, 0.1) is 23.7 Å². The van der Waals surface area contributed by atoms with Crippen molar-refractivity contribution in [1.29, 1.82) is 0 Å². The third kappa shape index (κ3) is 18.4. The van der Waals surface area contributed by atoms with E-state index in [-0.39, 0.29) is 6.03 Å². The summed E-state index contributed by atoms with van der Waals surface area (Å²) in [5.41, 5.74) is 2.36. The smallest absolute Gasteiger partial charge is 0.336 e. The van der Waals surface area contributed by atoms with Crippen LogP contribution >= 0.6 is 0 Å². The molecule has 0 spiro atoms. The number of carbonyl (C=O) groups is 1. The molecule has 0 aromatic heterocycles. The van der Waals surface area contributed by atoms with Crippen molar-refractivity contribution in [2.45, 2.75) is 106 Å². The minimum Gasteiger partial charge on any atom is -0.336 e. The lowest BCUT2D eigenvalue weighted by Gasteiger charge is -2.16. The second kappa shape index (κ2) is 17.3. The van der Waals surface area contributed by atoms with Crippen LogP contribution in [0.5, 0.6) is 0 Å². The monoisotopic (exact) mass is 384 g/mol. The quantitative estimate of drug-likeness (QED) is 0.274. The van der Waals surface area contributed by atoms with Crippen LogP contribution < -0.4 is 10.8 Å². The van der Waals surface area contributed by atoms with Crippen LogP contribution in [0.2, 0.25) is 0 Å². The van der Waals surface area contributed by atoms with Crippen LogP contribution in [-0.2, 0) is 4.84 Å². The van der Waals surface area contributed by atoms with Crippen molar-refractivity contribution in [3.8, 4) is 0 Å². The van der Waals surface area contributed by atoms with Crippen molar-refractivity contribution in [1.82, 2.24) is 10.8 Å². The van der Waals surface area contributed by atoms with Gasteiger partial charge in [-0.2, -0.15) is 0 Å². The first kappa shape index (κ1) is 26.2. The minimum atomic E-state index is -0.240.